The molecule has 1 atom stereocenters. The molecule has 24 heavy (non-hydrogen) atoms. The van der Waals surface area contributed by atoms with Gasteiger partial charge in [-0.05, 0) is 37.1 Å². The van der Waals surface area contributed by atoms with Crippen molar-refractivity contribution in [2.24, 2.45) is 5.92 Å². The number of thiophene rings is 1. The van der Waals surface area contributed by atoms with E-state index in [4.69, 9.17) is 4.74 Å². The number of fused-ring (bicyclic) bond motifs is 1. The van der Waals surface area contributed by atoms with Crippen LogP contribution in [0.15, 0.2) is 23.8 Å². The molecule has 6 heteroatoms. The smallest absolute Gasteiger partial charge is 0.264 e. The van der Waals surface area contributed by atoms with E-state index in [0.717, 1.165) is 23.0 Å². The van der Waals surface area contributed by atoms with Gasteiger partial charge < -0.3 is 14.2 Å². The molecule has 2 aliphatic rings. The fraction of sp³-hybridized carbons (Fsp3) is 0.556. The van der Waals surface area contributed by atoms with E-state index in [1.807, 2.05) is 35.7 Å². The molecule has 0 spiro atoms. The monoisotopic (exact) mass is 345 g/mol. The van der Waals surface area contributed by atoms with E-state index < -0.39 is 0 Å². The number of nitrogens with zero attached hydrogens (tertiary/aromatic N) is 3. The number of hydrogen-bond donors (Lipinski definition) is 0. The zero-order valence-electron chi connectivity index (χ0n) is 14.0. The summed E-state index contributed by atoms with van der Waals surface area (Å²) >= 11 is 1.50. The van der Waals surface area contributed by atoms with E-state index in [9.17, 15) is 4.79 Å². The molecule has 1 aliphatic heterocycles. The highest BCUT2D eigenvalue weighted by Gasteiger charge is 2.34. The van der Waals surface area contributed by atoms with Crippen molar-refractivity contribution in [1.82, 2.24) is 14.5 Å². The van der Waals surface area contributed by atoms with E-state index >= 15 is 0 Å². The SMILES string of the molecule is CCOC[C@H]1CN(C(=O)c2cccs2)Cc2ncn(CC3CC3)c21. The molecule has 1 saturated carbocycles. The molecule has 0 N–H and O–H groups in total. The van der Waals surface area contributed by atoms with E-state index in [1.54, 1.807) is 0 Å². The van der Waals surface area contributed by atoms with Crippen molar-refractivity contribution in [3.05, 3.63) is 40.1 Å². The number of aromatic nitrogens is 2. The second-order valence-electron chi connectivity index (χ2n) is 6.69. The van der Waals surface area contributed by atoms with Gasteiger partial charge in [-0.15, -0.1) is 11.3 Å². The Labute approximate surface area is 146 Å². The molecule has 3 heterocycles. The summed E-state index contributed by atoms with van der Waals surface area (Å²) in [4.78, 5) is 20.1. The maximum absolute atomic E-state index is 12.7. The molecular weight excluding hydrogens is 322 g/mol. The zero-order valence-corrected chi connectivity index (χ0v) is 14.8. The van der Waals surface area contributed by atoms with Crippen LogP contribution in [0.3, 0.4) is 0 Å². The first kappa shape index (κ1) is 15.8. The lowest BCUT2D eigenvalue weighted by atomic mass is 9.98. The number of ether oxygens (including phenoxy) is 1. The van der Waals surface area contributed by atoms with Crippen LogP contribution in [0.4, 0.5) is 0 Å². The Kier molecular flexibility index (Phi) is 4.41. The van der Waals surface area contributed by atoms with Crippen molar-refractivity contribution in [2.45, 2.75) is 38.8 Å². The molecule has 1 fully saturated rings. The lowest BCUT2D eigenvalue weighted by Crippen LogP contribution is -2.40. The highest BCUT2D eigenvalue weighted by atomic mass is 32.1. The summed E-state index contributed by atoms with van der Waals surface area (Å²) in [6.45, 7) is 5.73. The number of imidazole rings is 1. The third-order valence-electron chi connectivity index (χ3n) is 4.82. The standard InChI is InChI=1S/C18H23N3O2S/c1-2-23-11-14-9-20(18(22)16-4-3-7-24-16)10-15-17(14)21(12-19-15)8-13-5-6-13/h3-4,7,12-14H,2,5-6,8-11H2,1H3/t14-/m1/s1. The molecule has 2 aromatic heterocycles. The van der Waals surface area contributed by atoms with E-state index in [-0.39, 0.29) is 11.8 Å². The molecule has 0 bridgehead atoms. The van der Waals surface area contributed by atoms with Crippen LogP contribution in [-0.4, -0.2) is 40.1 Å². The molecule has 0 saturated heterocycles. The Morgan fingerprint density at radius 2 is 2.33 bits per heavy atom. The number of amides is 1. The minimum Gasteiger partial charge on any atom is -0.381 e. The lowest BCUT2D eigenvalue weighted by molar-refractivity contribution is 0.0648. The van der Waals surface area contributed by atoms with Crippen LogP contribution >= 0.6 is 11.3 Å². The molecule has 2 aromatic rings. The normalized spacial score (nSPS) is 20.2. The van der Waals surface area contributed by atoms with Gasteiger partial charge in [0.15, 0.2) is 0 Å². The van der Waals surface area contributed by atoms with E-state index in [1.165, 1.54) is 29.9 Å². The van der Waals surface area contributed by atoms with Crippen molar-refractivity contribution < 1.29 is 9.53 Å². The van der Waals surface area contributed by atoms with Gasteiger partial charge in [0, 0.05) is 31.3 Å². The predicted octanol–water partition coefficient (Wildman–Crippen LogP) is 3.13. The van der Waals surface area contributed by atoms with Crippen LogP contribution in [0.5, 0.6) is 0 Å². The first-order chi connectivity index (χ1) is 11.8. The van der Waals surface area contributed by atoms with E-state index in [2.05, 4.69) is 9.55 Å². The van der Waals surface area contributed by atoms with E-state index in [0.29, 0.717) is 26.3 Å². The number of hydrogen-bond acceptors (Lipinski definition) is 4. The molecule has 5 nitrogen and oxygen atoms in total. The molecule has 0 aromatic carbocycles. The minimum atomic E-state index is 0.105. The third kappa shape index (κ3) is 3.13. The Hall–Kier alpha value is -1.66. The summed E-state index contributed by atoms with van der Waals surface area (Å²) in [7, 11) is 0. The Bertz CT molecular complexity index is 706. The van der Waals surface area contributed by atoms with Gasteiger partial charge in [0.25, 0.3) is 5.91 Å². The lowest BCUT2D eigenvalue weighted by Gasteiger charge is -2.33. The van der Waals surface area contributed by atoms with Gasteiger partial charge in [-0.3, -0.25) is 4.79 Å². The van der Waals surface area contributed by atoms with Crippen molar-refractivity contribution in [2.75, 3.05) is 19.8 Å². The number of rotatable bonds is 6. The van der Waals surface area contributed by atoms with Gasteiger partial charge >= 0.3 is 0 Å². The summed E-state index contributed by atoms with van der Waals surface area (Å²) in [6, 6.07) is 3.82. The van der Waals surface area contributed by atoms with Crippen LogP contribution in [0, 0.1) is 5.92 Å². The Morgan fingerprint density at radius 1 is 1.46 bits per heavy atom. The minimum absolute atomic E-state index is 0.105. The van der Waals surface area contributed by atoms with Gasteiger partial charge in [-0.2, -0.15) is 0 Å². The fourth-order valence-corrected chi connectivity index (χ4v) is 4.14. The second kappa shape index (κ2) is 6.69. The summed E-state index contributed by atoms with van der Waals surface area (Å²) < 4.78 is 8.03. The third-order valence-corrected chi connectivity index (χ3v) is 5.68. The average Bonchev–Trinajstić information content (AvgIpc) is 3.09. The Balaban J connectivity index is 1.59. The average molecular weight is 345 g/mol. The van der Waals surface area contributed by atoms with Crippen LogP contribution in [0.2, 0.25) is 0 Å². The van der Waals surface area contributed by atoms with Crippen molar-refractivity contribution in [1.29, 1.82) is 0 Å². The molecule has 1 aliphatic carbocycles. The largest absolute Gasteiger partial charge is 0.381 e. The molecule has 4 rings (SSSR count). The topological polar surface area (TPSA) is 47.4 Å². The van der Waals surface area contributed by atoms with Crippen LogP contribution in [-0.2, 0) is 17.8 Å². The zero-order chi connectivity index (χ0) is 16.5. The molecule has 128 valence electrons. The maximum Gasteiger partial charge on any atom is 0.264 e. The summed E-state index contributed by atoms with van der Waals surface area (Å²) in [5.74, 6) is 1.12. The summed E-state index contributed by atoms with van der Waals surface area (Å²) in [6.07, 6.45) is 4.61. The van der Waals surface area contributed by atoms with Crippen LogP contribution in [0.25, 0.3) is 0 Å². The second-order valence-corrected chi connectivity index (χ2v) is 7.64. The van der Waals surface area contributed by atoms with Gasteiger partial charge in [-0.25, -0.2) is 4.98 Å². The molecule has 0 unspecified atom stereocenters. The highest BCUT2D eigenvalue weighted by Crippen LogP contribution is 2.35. The van der Waals surface area contributed by atoms with Crippen LogP contribution in [0.1, 0.15) is 46.7 Å². The summed E-state index contributed by atoms with van der Waals surface area (Å²) in [5.41, 5.74) is 2.32. The van der Waals surface area contributed by atoms with Gasteiger partial charge in [-0.1, -0.05) is 6.07 Å². The Morgan fingerprint density at radius 3 is 3.04 bits per heavy atom. The van der Waals surface area contributed by atoms with Crippen LogP contribution < -0.4 is 0 Å². The highest BCUT2D eigenvalue weighted by molar-refractivity contribution is 7.12. The van der Waals surface area contributed by atoms with Crippen molar-refractivity contribution in [3.63, 3.8) is 0 Å². The van der Waals surface area contributed by atoms with Crippen molar-refractivity contribution >= 4 is 17.2 Å². The van der Waals surface area contributed by atoms with Gasteiger partial charge in [0.1, 0.15) is 0 Å². The van der Waals surface area contributed by atoms with Gasteiger partial charge in [0.2, 0.25) is 0 Å². The quantitative estimate of drug-likeness (QED) is 0.808. The number of carbonyl (C=O) groups is 1. The molecule has 1 amide bonds. The first-order valence-electron chi connectivity index (χ1n) is 8.70. The maximum atomic E-state index is 12.7. The molecule has 0 radical (unpaired) electrons. The molecular formula is C18H23N3O2S. The predicted molar refractivity (Wildman–Crippen MR) is 93.2 cm³/mol. The fourth-order valence-electron chi connectivity index (χ4n) is 3.45. The first-order valence-corrected chi connectivity index (χ1v) is 9.58. The van der Waals surface area contributed by atoms with Gasteiger partial charge in [0.05, 0.1) is 30.1 Å². The number of carbonyl (C=O) groups excluding carboxylic acids is 1. The summed E-state index contributed by atoms with van der Waals surface area (Å²) in [5, 5.41) is 1.95. The van der Waals surface area contributed by atoms with Crippen molar-refractivity contribution in [3.8, 4) is 0 Å².